The predicted octanol–water partition coefficient (Wildman–Crippen LogP) is 6.51. The van der Waals surface area contributed by atoms with Gasteiger partial charge in [0.2, 0.25) is 0 Å². The van der Waals surface area contributed by atoms with Crippen molar-refractivity contribution in [2.24, 2.45) is 0 Å². The fourth-order valence-electron chi connectivity index (χ4n) is 3.98. The van der Waals surface area contributed by atoms with Crippen LogP contribution in [-0.2, 0) is 11.3 Å². The van der Waals surface area contributed by atoms with Crippen LogP contribution in [0, 0.1) is 0 Å². The van der Waals surface area contributed by atoms with Gasteiger partial charge in [-0.2, -0.15) is 0 Å². The van der Waals surface area contributed by atoms with Crippen LogP contribution < -0.4 is 0 Å². The summed E-state index contributed by atoms with van der Waals surface area (Å²) in [5.74, 6) is -0.400. The van der Waals surface area contributed by atoms with Gasteiger partial charge in [0.15, 0.2) is 0 Å². The molecule has 4 aromatic rings. The van der Waals surface area contributed by atoms with Crippen LogP contribution in [0.1, 0.15) is 17.0 Å². The molecule has 152 valence electrons. The van der Waals surface area contributed by atoms with Gasteiger partial charge < -0.3 is 9.67 Å². The molecule has 6 heteroatoms. The van der Waals surface area contributed by atoms with E-state index in [0.29, 0.717) is 27.1 Å². The van der Waals surface area contributed by atoms with Crippen molar-refractivity contribution in [3.63, 3.8) is 0 Å². The number of aliphatic carboxylic acids is 1. The fourth-order valence-corrected chi connectivity index (χ4v) is 4.49. The molecule has 31 heavy (non-hydrogen) atoms. The minimum absolute atomic E-state index is 0.208. The summed E-state index contributed by atoms with van der Waals surface area (Å²) >= 11 is 12.4. The van der Waals surface area contributed by atoms with Crippen LogP contribution in [0.4, 0.5) is 0 Å². The molecule has 0 fully saturated rings. The molecule has 0 aliphatic heterocycles. The van der Waals surface area contributed by atoms with Crippen LogP contribution in [-0.4, -0.2) is 20.6 Å². The first kappa shape index (κ1) is 19.6. The second-order valence-corrected chi connectivity index (χ2v) is 8.12. The van der Waals surface area contributed by atoms with E-state index in [4.69, 9.17) is 28.2 Å². The number of rotatable bonds is 4. The first-order valence-corrected chi connectivity index (χ1v) is 10.4. The Balaban J connectivity index is 1.69. The molecule has 1 N–H and O–H groups in total. The number of halogens is 2. The summed E-state index contributed by atoms with van der Waals surface area (Å²) in [5, 5.41) is 10.4. The Morgan fingerprint density at radius 3 is 2.10 bits per heavy atom. The first-order chi connectivity index (χ1) is 15.0. The summed E-state index contributed by atoms with van der Waals surface area (Å²) < 4.78 is 1.62. The normalized spacial score (nSPS) is 11.9. The molecular formula is C25H16Cl2N2O2. The van der Waals surface area contributed by atoms with Crippen LogP contribution in [0.5, 0.6) is 0 Å². The first-order valence-electron chi connectivity index (χ1n) is 9.66. The summed E-state index contributed by atoms with van der Waals surface area (Å²) in [7, 11) is 0. The Hall–Kier alpha value is -3.34. The van der Waals surface area contributed by atoms with E-state index in [0.717, 1.165) is 27.8 Å². The van der Waals surface area contributed by atoms with Crippen molar-refractivity contribution in [1.82, 2.24) is 9.55 Å². The van der Waals surface area contributed by atoms with Crippen LogP contribution in [0.25, 0.3) is 34.0 Å². The SMILES string of the molecule is O=C(O)Cn1cc(-c2ccc(Cl)cc2Cl)nc1C=C1c2ccccc2-c2ccccc21. The second-order valence-electron chi connectivity index (χ2n) is 7.28. The summed E-state index contributed by atoms with van der Waals surface area (Å²) in [6, 6.07) is 21.5. The van der Waals surface area contributed by atoms with Crippen LogP contribution >= 0.6 is 23.2 Å². The van der Waals surface area contributed by atoms with E-state index in [1.165, 1.54) is 0 Å². The van der Waals surface area contributed by atoms with E-state index in [9.17, 15) is 9.90 Å². The van der Waals surface area contributed by atoms with Crippen molar-refractivity contribution in [2.75, 3.05) is 0 Å². The number of nitrogens with zero attached hydrogens (tertiary/aromatic N) is 2. The van der Waals surface area contributed by atoms with Crippen LogP contribution in [0.3, 0.4) is 0 Å². The number of hydrogen-bond acceptors (Lipinski definition) is 2. The van der Waals surface area contributed by atoms with Gasteiger partial charge >= 0.3 is 5.97 Å². The molecule has 1 aliphatic rings. The Morgan fingerprint density at radius 2 is 1.52 bits per heavy atom. The van der Waals surface area contributed by atoms with Gasteiger partial charge in [-0.05, 0) is 52.1 Å². The maximum atomic E-state index is 11.5. The zero-order chi connectivity index (χ0) is 21.5. The van der Waals surface area contributed by atoms with Crippen LogP contribution in [0.15, 0.2) is 72.9 Å². The summed E-state index contributed by atoms with van der Waals surface area (Å²) in [6.07, 6.45) is 3.66. The molecule has 0 amide bonds. The number of carboxylic acids is 1. The molecule has 4 nitrogen and oxygen atoms in total. The molecule has 1 aromatic heterocycles. The number of aromatic nitrogens is 2. The molecule has 3 aromatic carbocycles. The van der Waals surface area contributed by atoms with Crippen molar-refractivity contribution < 1.29 is 9.90 Å². The number of carboxylic acid groups (broad SMARTS) is 1. The topological polar surface area (TPSA) is 55.1 Å². The molecule has 5 rings (SSSR count). The number of benzene rings is 3. The molecule has 0 spiro atoms. The van der Waals surface area contributed by atoms with Gasteiger partial charge in [-0.25, -0.2) is 4.98 Å². The van der Waals surface area contributed by atoms with Gasteiger partial charge in [0.05, 0.1) is 10.7 Å². The van der Waals surface area contributed by atoms with Gasteiger partial charge in [0.25, 0.3) is 0 Å². The maximum Gasteiger partial charge on any atom is 0.323 e. The van der Waals surface area contributed by atoms with Crippen LogP contribution in [0.2, 0.25) is 10.0 Å². The monoisotopic (exact) mass is 446 g/mol. The molecule has 0 radical (unpaired) electrons. The zero-order valence-electron chi connectivity index (χ0n) is 16.2. The smallest absolute Gasteiger partial charge is 0.323 e. The largest absolute Gasteiger partial charge is 0.480 e. The lowest BCUT2D eigenvalue weighted by atomic mass is 10.0. The molecule has 0 atom stereocenters. The van der Waals surface area contributed by atoms with E-state index in [1.807, 2.05) is 30.3 Å². The molecule has 0 saturated carbocycles. The van der Waals surface area contributed by atoms with Gasteiger partial charge in [0.1, 0.15) is 12.4 Å². The number of imidazole rings is 1. The van der Waals surface area contributed by atoms with Crippen molar-refractivity contribution in [1.29, 1.82) is 0 Å². The third kappa shape index (κ3) is 3.54. The quantitative estimate of drug-likeness (QED) is 0.342. The zero-order valence-corrected chi connectivity index (χ0v) is 17.7. The molecule has 1 heterocycles. The lowest BCUT2D eigenvalue weighted by Gasteiger charge is -2.05. The summed E-state index contributed by atoms with van der Waals surface area (Å²) in [6.45, 7) is -0.208. The highest BCUT2D eigenvalue weighted by Crippen LogP contribution is 2.44. The number of fused-ring (bicyclic) bond motifs is 3. The van der Waals surface area contributed by atoms with Gasteiger partial charge in [-0.1, -0.05) is 71.7 Å². The number of carbonyl (C=O) groups is 1. The van der Waals surface area contributed by atoms with Crippen molar-refractivity contribution >= 4 is 40.8 Å². The Labute approximate surface area is 189 Å². The summed E-state index contributed by atoms with van der Waals surface area (Å²) in [4.78, 5) is 16.2. The number of hydrogen-bond donors (Lipinski definition) is 1. The standard InChI is InChI=1S/C25H16Cl2N2O2/c26-15-9-10-20(22(27)11-15)23-13-29(14-25(30)31)24(28-23)12-21-18-7-3-1-5-16(18)17-6-2-4-8-19(17)21/h1-13H,14H2,(H,30,31). The average Bonchev–Trinajstić information content (AvgIpc) is 3.27. The van der Waals surface area contributed by atoms with E-state index in [2.05, 4.69) is 24.3 Å². The minimum Gasteiger partial charge on any atom is -0.480 e. The Morgan fingerprint density at radius 1 is 0.903 bits per heavy atom. The lowest BCUT2D eigenvalue weighted by Crippen LogP contribution is -2.09. The average molecular weight is 447 g/mol. The van der Waals surface area contributed by atoms with E-state index >= 15 is 0 Å². The van der Waals surface area contributed by atoms with E-state index in [1.54, 1.807) is 29.0 Å². The molecule has 1 aliphatic carbocycles. The van der Waals surface area contributed by atoms with Crippen molar-refractivity contribution in [3.05, 3.63) is 99.9 Å². The third-order valence-corrected chi connectivity index (χ3v) is 5.87. The van der Waals surface area contributed by atoms with Crippen molar-refractivity contribution in [3.8, 4) is 22.4 Å². The van der Waals surface area contributed by atoms with Crippen molar-refractivity contribution in [2.45, 2.75) is 6.54 Å². The van der Waals surface area contributed by atoms with E-state index in [-0.39, 0.29) is 6.54 Å². The highest BCUT2D eigenvalue weighted by molar-refractivity contribution is 6.36. The predicted molar refractivity (Wildman–Crippen MR) is 124 cm³/mol. The summed E-state index contributed by atoms with van der Waals surface area (Å²) in [5.41, 5.74) is 6.80. The molecular weight excluding hydrogens is 431 g/mol. The lowest BCUT2D eigenvalue weighted by molar-refractivity contribution is -0.137. The fraction of sp³-hybridized carbons (Fsp3) is 0.0400. The molecule has 0 bridgehead atoms. The third-order valence-electron chi connectivity index (χ3n) is 5.32. The van der Waals surface area contributed by atoms with Gasteiger partial charge in [-0.15, -0.1) is 0 Å². The van der Waals surface area contributed by atoms with Gasteiger partial charge in [-0.3, -0.25) is 4.79 Å². The highest BCUT2D eigenvalue weighted by atomic mass is 35.5. The maximum absolute atomic E-state index is 11.5. The Bertz CT molecular complexity index is 1320. The van der Waals surface area contributed by atoms with Gasteiger partial charge in [0, 0.05) is 16.8 Å². The highest BCUT2D eigenvalue weighted by Gasteiger charge is 2.23. The minimum atomic E-state index is -0.946. The second kappa shape index (κ2) is 7.73. The molecule has 0 unspecified atom stereocenters. The Kier molecular flexibility index (Phi) is 4.89. The van der Waals surface area contributed by atoms with E-state index < -0.39 is 5.97 Å². The molecule has 0 saturated heterocycles.